The van der Waals surface area contributed by atoms with Crippen LogP contribution in [0.1, 0.15) is 24.1 Å². The van der Waals surface area contributed by atoms with Crippen LogP contribution in [-0.2, 0) is 4.79 Å². The van der Waals surface area contributed by atoms with Crippen molar-refractivity contribution in [1.82, 2.24) is 9.80 Å². The van der Waals surface area contributed by atoms with Crippen LogP contribution in [0.3, 0.4) is 0 Å². The molecule has 148 valence electrons. The number of hydrogen-bond acceptors (Lipinski definition) is 5. The van der Waals surface area contributed by atoms with Gasteiger partial charge < -0.3 is 5.32 Å². The van der Waals surface area contributed by atoms with E-state index in [1.165, 1.54) is 0 Å². The number of hydrogen-bond donors (Lipinski definition) is 1. The van der Waals surface area contributed by atoms with E-state index in [9.17, 15) is 10.1 Å². The highest BCUT2D eigenvalue weighted by molar-refractivity contribution is 6.32. The van der Waals surface area contributed by atoms with Crippen molar-refractivity contribution >= 4 is 23.2 Å². The molecule has 1 heterocycles. The minimum atomic E-state index is -0.316. The van der Waals surface area contributed by atoms with E-state index in [-0.39, 0.29) is 18.0 Å². The lowest BCUT2D eigenvalue weighted by molar-refractivity contribution is -0.121. The molecule has 0 aliphatic carbocycles. The molecule has 3 rings (SSSR count). The molecule has 0 radical (unpaired) electrons. The van der Waals surface area contributed by atoms with Crippen molar-refractivity contribution in [3.8, 4) is 12.1 Å². The first kappa shape index (κ1) is 20.8. The topological polar surface area (TPSA) is 83.2 Å². The van der Waals surface area contributed by atoms with Crippen LogP contribution in [0.4, 0.5) is 5.69 Å². The van der Waals surface area contributed by atoms with Crippen molar-refractivity contribution in [3.05, 3.63) is 64.7 Å². The molecule has 2 atom stereocenters. The van der Waals surface area contributed by atoms with Crippen LogP contribution in [0.25, 0.3) is 0 Å². The molecule has 0 aromatic heterocycles. The molecule has 1 fully saturated rings. The zero-order valence-corrected chi connectivity index (χ0v) is 16.9. The van der Waals surface area contributed by atoms with E-state index in [0.29, 0.717) is 42.5 Å². The molecule has 29 heavy (non-hydrogen) atoms. The maximum absolute atomic E-state index is 12.6. The zero-order chi connectivity index (χ0) is 20.8. The molecular formula is C22H22ClN5O. The number of nitrogens with zero attached hydrogens (tertiary/aromatic N) is 4. The minimum absolute atomic E-state index is 0.126. The Kier molecular flexibility index (Phi) is 6.85. The maximum atomic E-state index is 12.6. The van der Waals surface area contributed by atoms with Crippen molar-refractivity contribution < 1.29 is 4.79 Å². The highest BCUT2D eigenvalue weighted by Crippen LogP contribution is 2.23. The van der Waals surface area contributed by atoms with Crippen molar-refractivity contribution in [2.45, 2.75) is 19.0 Å². The summed E-state index contributed by atoms with van der Waals surface area (Å²) < 4.78 is 0. The highest BCUT2D eigenvalue weighted by Gasteiger charge is 2.29. The third kappa shape index (κ3) is 4.93. The van der Waals surface area contributed by atoms with Crippen molar-refractivity contribution in [2.24, 2.45) is 0 Å². The number of nitriles is 2. The Morgan fingerprint density at radius 3 is 2.31 bits per heavy atom. The zero-order valence-electron chi connectivity index (χ0n) is 16.2. The molecule has 1 aliphatic rings. The summed E-state index contributed by atoms with van der Waals surface area (Å²) in [5.74, 6) is -0.126. The second-order valence-corrected chi connectivity index (χ2v) is 7.39. The number of rotatable bonds is 5. The summed E-state index contributed by atoms with van der Waals surface area (Å²) >= 11 is 6.04. The number of amides is 1. The molecule has 0 spiro atoms. The monoisotopic (exact) mass is 407 g/mol. The van der Waals surface area contributed by atoms with Gasteiger partial charge >= 0.3 is 0 Å². The van der Waals surface area contributed by atoms with Crippen molar-refractivity contribution in [1.29, 1.82) is 10.5 Å². The van der Waals surface area contributed by atoms with Crippen LogP contribution < -0.4 is 5.32 Å². The maximum Gasteiger partial charge on any atom is 0.241 e. The number of anilines is 1. The predicted octanol–water partition coefficient (Wildman–Crippen LogP) is 3.42. The van der Waals surface area contributed by atoms with Crippen molar-refractivity contribution in [2.75, 3.05) is 31.5 Å². The first-order valence-electron chi connectivity index (χ1n) is 9.46. The van der Waals surface area contributed by atoms with Crippen LogP contribution in [0, 0.1) is 22.7 Å². The molecule has 1 amide bonds. The number of carbonyl (C=O) groups excluding carboxylic acids is 1. The molecule has 1 saturated heterocycles. The third-order valence-corrected chi connectivity index (χ3v) is 5.55. The van der Waals surface area contributed by atoms with Gasteiger partial charge in [-0.2, -0.15) is 10.5 Å². The second-order valence-electron chi connectivity index (χ2n) is 6.99. The Hall–Kier alpha value is -2.90. The molecule has 2 unspecified atom stereocenters. The van der Waals surface area contributed by atoms with Gasteiger partial charge in [-0.15, -0.1) is 0 Å². The first-order valence-corrected chi connectivity index (χ1v) is 9.84. The molecule has 6 nitrogen and oxygen atoms in total. The highest BCUT2D eigenvalue weighted by atomic mass is 35.5. The van der Waals surface area contributed by atoms with Crippen LogP contribution in [0.2, 0.25) is 5.02 Å². The standard InChI is InChI=1S/C22H22ClN5O/c1-16(22(29)26-19-8-7-18(14-24)20(23)13-19)27-9-11-28(12-10-27)21(15-25)17-5-3-2-4-6-17/h2-8,13,16,21H,9-12H2,1H3,(H,26,29). The Morgan fingerprint density at radius 2 is 1.72 bits per heavy atom. The Labute approximate surface area is 175 Å². The summed E-state index contributed by atoms with van der Waals surface area (Å²) in [6, 6.07) is 18.4. The van der Waals surface area contributed by atoms with E-state index >= 15 is 0 Å². The Morgan fingerprint density at radius 1 is 1.07 bits per heavy atom. The molecule has 1 N–H and O–H groups in total. The van der Waals surface area contributed by atoms with Gasteiger partial charge in [0, 0.05) is 31.9 Å². The number of halogens is 1. The van der Waals surface area contributed by atoms with Gasteiger partial charge in [0.1, 0.15) is 12.1 Å². The lowest BCUT2D eigenvalue weighted by atomic mass is 10.1. The second kappa shape index (κ2) is 9.54. The lowest BCUT2D eigenvalue weighted by Crippen LogP contribution is -2.53. The van der Waals surface area contributed by atoms with Crippen molar-refractivity contribution in [3.63, 3.8) is 0 Å². The fourth-order valence-corrected chi connectivity index (χ4v) is 3.70. The lowest BCUT2D eigenvalue weighted by Gasteiger charge is -2.39. The normalized spacial score (nSPS) is 17.0. The van der Waals surface area contributed by atoms with Gasteiger partial charge in [0.25, 0.3) is 0 Å². The SMILES string of the molecule is CC(C(=O)Nc1ccc(C#N)c(Cl)c1)N1CCN(C(C#N)c2ccccc2)CC1. The van der Waals surface area contributed by atoms with E-state index in [0.717, 1.165) is 5.56 Å². The molecular weight excluding hydrogens is 386 g/mol. The molecule has 2 aromatic carbocycles. The minimum Gasteiger partial charge on any atom is -0.325 e. The summed E-state index contributed by atoms with van der Waals surface area (Å²) in [6.45, 7) is 4.71. The third-order valence-electron chi connectivity index (χ3n) is 5.24. The quantitative estimate of drug-likeness (QED) is 0.821. The molecule has 0 bridgehead atoms. The van der Waals surface area contributed by atoms with Crippen LogP contribution >= 0.6 is 11.6 Å². The van der Waals surface area contributed by atoms with E-state index in [1.807, 2.05) is 43.3 Å². The summed E-state index contributed by atoms with van der Waals surface area (Å²) in [5, 5.41) is 21.7. The van der Waals surface area contributed by atoms with Gasteiger partial charge in [-0.25, -0.2) is 0 Å². The summed E-state index contributed by atoms with van der Waals surface area (Å²) in [7, 11) is 0. The summed E-state index contributed by atoms with van der Waals surface area (Å²) in [6.07, 6.45) is 0. The van der Waals surface area contributed by atoms with Gasteiger partial charge in [-0.05, 0) is 30.7 Å². The Bertz CT molecular complexity index is 942. The van der Waals surface area contributed by atoms with Gasteiger partial charge in [-0.1, -0.05) is 41.9 Å². The van der Waals surface area contributed by atoms with Gasteiger partial charge in [0.2, 0.25) is 5.91 Å². The summed E-state index contributed by atoms with van der Waals surface area (Å²) in [5.41, 5.74) is 1.93. The molecule has 0 saturated carbocycles. The van der Waals surface area contributed by atoms with Crippen LogP contribution in [0.5, 0.6) is 0 Å². The predicted molar refractivity (Wildman–Crippen MR) is 112 cm³/mol. The van der Waals surface area contributed by atoms with Gasteiger partial charge in [0.05, 0.1) is 22.7 Å². The fraction of sp³-hybridized carbons (Fsp3) is 0.318. The molecule has 1 aliphatic heterocycles. The fourth-order valence-electron chi connectivity index (χ4n) is 3.48. The number of piperazine rings is 1. The number of carbonyl (C=O) groups is 1. The van der Waals surface area contributed by atoms with E-state index < -0.39 is 0 Å². The van der Waals surface area contributed by atoms with Gasteiger partial charge in [0.15, 0.2) is 0 Å². The summed E-state index contributed by atoms with van der Waals surface area (Å²) in [4.78, 5) is 16.9. The smallest absolute Gasteiger partial charge is 0.241 e. The molecule has 2 aromatic rings. The van der Waals surface area contributed by atoms with E-state index in [2.05, 4.69) is 21.2 Å². The largest absolute Gasteiger partial charge is 0.325 e. The molecule has 7 heteroatoms. The van der Waals surface area contributed by atoms with Crippen LogP contribution in [0.15, 0.2) is 48.5 Å². The number of benzene rings is 2. The average molecular weight is 408 g/mol. The Balaban J connectivity index is 1.57. The van der Waals surface area contributed by atoms with E-state index in [1.54, 1.807) is 18.2 Å². The van der Waals surface area contributed by atoms with Crippen LogP contribution in [-0.4, -0.2) is 47.9 Å². The first-order chi connectivity index (χ1) is 14.0. The van der Waals surface area contributed by atoms with E-state index in [4.69, 9.17) is 16.9 Å². The number of nitrogens with one attached hydrogen (secondary N) is 1. The average Bonchev–Trinajstić information content (AvgIpc) is 2.75. The van der Waals surface area contributed by atoms with Gasteiger partial charge in [-0.3, -0.25) is 14.6 Å².